The summed E-state index contributed by atoms with van der Waals surface area (Å²) in [5.74, 6) is 0. The smallest absolute Gasteiger partial charge is 0.144 e. The zero-order valence-corrected chi connectivity index (χ0v) is 7.28. The summed E-state index contributed by atoms with van der Waals surface area (Å²) in [4.78, 5) is 4.18. The zero-order chi connectivity index (χ0) is 8.10. The molecule has 0 aromatic heterocycles. The topological polar surface area (TPSA) is 12.4 Å². The molecular formula is C8H5NS2. The lowest BCUT2D eigenvalue weighted by molar-refractivity contribution is 1.63. The van der Waals surface area contributed by atoms with Gasteiger partial charge in [0.15, 0.2) is 0 Å². The van der Waals surface area contributed by atoms with Gasteiger partial charge in [-0.1, -0.05) is 42.5 Å². The van der Waals surface area contributed by atoms with Crippen LogP contribution in [0.15, 0.2) is 35.3 Å². The fourth-order valence-electron chi connectivity index (χ4n) is 0.687. The van der Waals surface area contributed by atoms with Crippen LogP contribution in [0.5, 0.6) is 0 Å². The molecule has 54 valence electrons. The van der Waals surface area contributed by atoms with Crippen molar-refractivity contribution in [3.8, 4) is 0 Å². The summed E-state index contributed by atoms with van der Waals surface area (Å²) in [5.41, 5.74) is 0.903. The van der Waals surface area contributed by atoms with Gasteiger partial charge in [-0.05, 0) is 12.2 Å². The molecule has 1 aromatic carbocycles. The van der Waals surface area contributed by atoms with E-state index in [0.29, 0.717) is 4.99 Å². The Labute approximate surface area is 75.8 Å². The molecule has 1 aromatic rings. The molecule has 0 saturated heterocycles. The Kier molecular flexibility index (Phi) is 3.05. The minimum atomic E-state index is 0.487. The molecule has 0 atom stereocenters. The van der Waals surface area contributed by atoms with Crippen LogP contribution in [0.2, 0.25) is 0 Å². The van der Waals surface area contributed by atoms with Crippen molar-refractivity contribution in [1.82, 2.24) is 0 Å². The normalized spacial score (nSPS) is 8.36. The average molecular weight is 179 g/mol. The van der Waals surface area contributed by atoms with Gasteiger partial charge in [0.05, 0.1) is 5.16 Å². The fourth-order valence-corrected chi connectivity index (χ4v) is 1.02. The average Bonchev–Trinajstić information content (AvgIpc) is 2.07. The number of isothiocyanates is 1. The van der Waals surface area contributed by atoms with Crippen LogP contribution in [0.3, 0.4) is 0 Å². The molecule has 0 radical (unpaired) electrons. The summed E-state index contributed by atoms with van der Waals surface area (Å²) >= 11 is 9.35. The van der Waals surface area contributed by atoms with Crippen LogP contribution in [0.4, 0.5) is 0 Å². The first-order chi connectivity index (χ1) is 5.34. The van der Waals surface area contributed by atoms with Crippen LogP contribution < -0.4 is 0 Å². The van der Waals surface area contributed by atoms with E-state index in [1.54, 1.807) is 0 Å². The third kappa shape index (κ3) is 2.31. The van der Waals surface area contributed by atoms with Gasteiger partial charge in [-0.2, -0.15) is 4.99 Å². The van der Waals surface area contributed by atoms with E-state index >= 15 is 0 Å². The van der Waals surface area contributed by atoms with Crippen molar-refractivity contribution in [1.29, 1.82) is 0 Å². The fraction of sp³-hybridized carbons (Fsp3) is 0. The Bertz CT molecular complexity index is 299. The summed E-state index contributed by atoms with van der Waals surface area (Å²) in [5, 5.41) is 2.23. The molecule has 11 heavy (non-hydrogen) atoms. The predicted molar refractivity (Wildman–Crippen MR) is 53.2 cm³/mol. The maximum Gasteiger partial charge on any atom is 0.144 e. The number of thiocarbonyl (C=S) groups is 2. The van der Waals surface area contributed by atoms with Crippen molar-refractivity contribution in [2.24, 2.45) is 4.99 Å². The van der Waals surface area contributed by atoms with Crippen LogP contribution in [0, 0.1) is 0 Å². The third-order valence-corrected chi connectivity index (χ3v) is 1.59. The molecule has 0 fully saturated rings. The number of benzene rings is 1. The predicted octanol–water partition coefficient (Wildman–Crippen LogP) is 2.46. The van der Waals surface area contributed by atoms with E-state index in [0.717, 1.165) is 5.56 Å². The molecule has 1 nitrogen and oxygen atoms in total. The highest BCUT2D eigenvalue weighted by atomic mass is 32.1. The standard InChI is InChI=1S/C8H5NS2/c10-6-9-8(11)7-4-2-1-3-5-7/h1-5H. The molecule has 0 saturated carbocycles. The van der Waals surface area contributed by atoms with Crippen molar-refractivity contribution in [2.45, 2.75) is 0 Å². The number of rotatable bonds is 1. The van der Waals surface area contributed by atoms with Gasteiger partial charge >= 0.3 is 0 Å². The van der Waals surface area contributed by atoms with Crippen LogP contribution >= 0.6 is 24.4 Å². The first-order valence-electron chi connectivity index (χ1n) is 3.02. The molecular weight excluding hydrogens is 174 g/mol. The van der Waals surface area contributed by atoms with Crippen LogP contribution in [-0.2, 0) is 0 Å². The number of aliphatic imine (C=N–C) groups is 1. The lowest BCUT2D eigenvalue weighted by Crippen LogP contribution is -1.89. The lowest BCUT2D eigenvalue weighted by Gasteiger charge is -1.92. The van der Waals surface area contributed by atoms with Crippen molar-refractivity contribution in [2.75, 3.05) is 0 Å². The second-order valence-corrected chi connectivity index (χ2v) is 2.44. The Morgan fingerprint density at radius 1 is 1.27 bits per heavy atom. The minimum absolute atomic E-state index is 0.487. The van der Waals surface area contributed by atoms with Crippen molar-refractivity contribution in [3.05, 3.63) is 35.9 Å². The summed E-state index contributed by atoms with van der Waals surface area (Å²) in [7, 11) is 0. The first kappa shape index (κ1) is 8.21. The molecule has 0 aliphatic heterocycles. The molecule has 0 aliphatic rings. The monoisotopic (exact) mass is 179 g/mol. The van der Waals surface area contributed by atoms with E-state index in [1.165, 1.54) is 0 Å². The zero-order valence-electron chi connectivity index (χ0n) is 5.65. The molecule has 3 heteroatoms. The Morgan fingerprint density at radius 2 is 1.91 bits per heavy atom. The molecule has 0 amide bonds. The van der Waals surface area contributed by atoms with Gasteiger partial charge in [0, 0.05) is 5.56 Å². The van der Waals surface area contributed by atoms with Crippen LogP contribution in [0.1, 0.15) is 5.56 Å². The molecule has 1 rings (SSSR count). The van der Waals surface area contributed by atoms with E-state index < -0.39 is 0 Å². The van der Waals surface area contributed by atoms with Gasteiger partial charge in [-0.25, -0.2) is 0 Å². The number of hydrogen-bond acceptors (Lipinski definition) is 2. The second-order valence-electron chi connectivity index (χ2n) is 1.87. The quantitative estimate of drug-likeness (QED) is 0.485. The van der Waals surface area contributed by atoms with Crippen LogP contribution in [-0.4, -0.2) is 10.1 Å². The third-order valence-electron chi connectivity index (χ3n) is 1.17. The van der Waals surface area contributed by atoms with Crippen LogP contribution in [0.25, 0.3) is 0 Å². The van der Waals surface area contributed by atoms with Gasteiger partial charge in [-0.15, -0.1) is 0 Å². The van der Waals surface area contributed by atoms with Gasteiger partial charge in [0.2, 0.25) is 0 Å². The van der Waals surface area contributed by atoms with E-state index in [-0.39, 0.29) is 0 Å². The highest BCUT2D eigenvalue weighted by molar-refractivity contribution is 7.81. The lowest BCUT2D eigenvalue weighted by atomic mass is 10.2. The van der Waals surface area contributed by atoms with Crippen molar-refractivity contribution >= 4 is 34.6 Å². The van der Waals surface area contributed by atoms with Crippen molar-refractivity contribution < 1.29 is 0 Å². The Morgan fingerprint density at radius 3 is 2.45 bits per heavy atom. The van der Waals surface area contributed by atoms with E-state index in [9.17, 15) is 0 Å². The largest absolute Gasteiger partial charge is 0.182 e. The molecule has 0 spiro atoms. The minimum Gasteiger partial charge on any atom is -0.182 e. The van der Waals surface area contributed by atoms with Gasteiger partial charge in [0.25, 0.3) is 0 Å². The Balaban J connectivity index is 2.94. The summed E-state index contributed by atoms with van der Waals surface area (Å²) in [6.07, 6.45) is 0. The van der Waals surface area contributed by atoms with Crippen molar-refractivity contribution in [3.63, 3.8) is 0 Å². The summed E-state index contributed by atoms with van der Waals surface area (Å²) in [6.45, 7) is 0. The molecule has 0 heterocycles. The highest BCUT2D eigenvalue weighted by Gasteiger charge is 1.94. The number of nitrogens with zero attached hydrogens (tertiary/aromatic N) is 1. The van der Waals surface area contributed by atoms with Gasteiger partial charge < -0.3 is 0 Å². The first-order valence-corrected chi connectivity index (χ1v) is 3.83. The molecule has 0 unspecified atom stereocenters. The molecule has 0 N–H and O–H groups in total. The van der Waals surface area contributed by atoms with E-state index in [2.05, 4.69) is 22.4 Å². The second kappa shape index (κ2) is 4.09. The maximum atomic E-state index is 4.92. The van der Waals surface area contributed by atoms with Gasteiger partial charge in [-0.3, -0.25) is 0 Å². The number of hydrogen-bond donors (Lipinski definition) is 0. The maximum absolute atomic E-state index is 4.92. The SMILES string of the molecule is S=C=NC(=S)c1ccccc1. The molecule has 0 bridgehead atoms. The van der Waals surface area contributed by atoms with E-state index in [4.69, 9.17) is 12.2 Å². The Hall–Kier alpha value is -0.890. The highest BCUT2D eigenvalue weighted by Crippen LogP contribution is 2.00. The summed E-state index contributed by atoms with van der Waals surface area (Å²) < 4.78 is 0. The molecule has 0 aliphatic carbocycles. The van der Waals surface area contributed by atoms with E-state index in [1.807, 2.05) is 30.3 Å². The summed E-state index contributed by atoms with van der Waals surface area (Å²) in [6, 6.07) is 9.51. The van der Waals surface area contributed by atoms with Gasteiger partial charge in [0.1, 0.15) is 4.99 Å².